The summed E-state index contributed by atoms with van der Waals surface area (Å²) >= 11 is 6.01. The maximum absolute atomic E-state index is 12.1. The first kappa shape index (κ1) is 21.4. The molecule has 7 nitrogen and oxygen atoms in total. The van der Waals surface area contributed by atoms with Gasteiger partial charge < -0.3 is 26.8 Å². The van der Waals surface area contributed by atoms with Crippen molar-refractivity contribution in [1.29, 1.82) is 0 Å². The molecule has 1 aliphatic rings. The third-order valence-corrected chi connectivity index (χ3v) is 4.78. The summed E-state index contributed by atoms with van der Waals surface area (Å²) < 4.78 is 5.39. The number of anilines is 3. The van der Waals surface area contributed by atoms with E-state index in [0.717, 1.165) is 44.9 Å². The minimum atomic E-state index is -0.498. The van der Waals surface area contributed by atoms with E-state index in [-0.39, 0.29) is 18.2 Å². The predicted octanol–water partition coefficient (Wildman–Crippen LogP) is 4.32. The summed E-state index contributed by atoms with van der Waals surface area (Å²) in [4.78, 5) is 16.4. The third-order valence-electron chi connectivity index (χ3n) is 4.59. The second-order valence-electron chi connectivity index (χ2n) is 8.20. The quantitative estimate of drug-likeness (QED) is 0.564. The van der Waals surface area contributed by atoms with Gasteiger partial charge in [0.05, 0.1) is 11.4 Å². The molecule has 152 valence electrons. The van der Waals surface area contributed by atoms with E-state index < -0.39 is 5.60 Å². The lowest BCUT2D eigenvalue weighted by molar-refractivity contribution is 0.0498. The molecule has 8 heteroatoms. The molecule has 0 saturated heterocycles. The number of nitrogens with two attached hydrogens (primary N) is 2. The van der Waals surface area contributed by atoms with Gasteiger partial charge in [-0.05, 0) is 46.5 Å². The average molecular weight is 398 g/mol. The summed E-state index contributed by atoms with van der Waals surface area (Å²) in [6.07, 6.45) is 6.64. The summed E-state index contributed by atoms with van der Waals surface area (Å²) in [6.45, 7) is 5.59. The van der Waals surface area contributed by atoms with E-state index >= 15 is 0 Å². The number of alkyl carbamates (subject to hydrolysis) is 1. The van der Waals surface area contributed by atoms with Gasteiger partial charge in [0.2, 0.25) is 0 Å². The van der Waals surface area contributed by atoms with Crippen LogP contribution in [-0.4, -0.2) is 28.8 Å². The van der Waals surface area contributed by atoms with Crippen molar-refractivity contribution in [3.8, 4) is 0 Å². The smallest absolute Gasteiger partial charge is 0.407 e. The fraction of sp³-hybridized carbons (Fsp3) is 0.684. The molecule has 1 heterocycles. The Morgan fingerprint density at radius 2 is 1.78 bits per heavy atom. The molecular weight excluding hydrogens is 366 g/mol. The number of aromatic nitrogens is 1. The molecule has 0 aromatic carbocycles. The lowest BCUT2D eigenvalue weighted by atomic mass is 10.0. The fourth-order valence-electron chi connectivity index (χ4n) is 3.26. The molecule has 2 atom stereocenters. The largest absolute Gasteiger partial charge is 0.444 e. The Labute approximate surface area is 166 Å². The summed E-state index contributed by atoms with van der Waals surface area (Å²) in [6, 6.07) is 1.84. The molecule has 2 rings (SSSR count). The molecule has 0 bridgehead atoms. The van der Waals surface area contributed by atoms with Crippen molar-refractivity contribution in [3.05, 3.63) is 11.2 Å². The number of hydrogen-bond acceptors (Lipinski definition) is 6. The van der Waals surface area contributed by atoms with Crippen molar-refractivity contribution in [2.24, 2.45) is 0 Å². The van der Waals surface area contributed by atoms with Crippen LogP contribution in [0.15, 0.2) is 6.07 Å². The van der Waals surface area contributed by atoms with Gasteiger partial charge in [0.1, 0.15) is 10.8 Å². The first-order valence-electron chi connectivity index (χ1n) is 9.61. The summed E-state index contributed by atoms with van der Waals surface area (Å²) in [5.41, 5.74) is 12.3. The van der Waals surface area contributed by atoms with Crippen molar-refractivity contribution in [2.45, 2.75) is 83.4 Å². The van der Waals surface area contributed by atoms with Gasteiger partial charge in [0.25, 0.3) is 0 Å². The molecule has 0 radical (unpaired) electrons. The van der Waals surface area contributed by atoms with E-state index in [1.165, 1.54) is 0 Å². The van der Waals surface area contributed by atoms with Crippen LogP contribution in [-0.2, 0) is 4.74 Å². The van der Waals surface area contributed by atoms with Gasteiger partial charge in [-0.1, -0.05) is 30.9 Å². The summed E-state index contributed by atoms with van der Waals surface area (Å²) in [5.74, 6) is 0.529. The molecule has 6 N–H and O–H groups in total. The van der Waals surface area contributed by atoms with Crippen molar-refractivity contribution >= 4 is 34.9 Å². The molecule has 1 unspecified atom stereocenters. The lowest BCUT2D eigenvalue weighted by Gasteiger charge is -2.25. The van der Waals surface area contributed by atoms with Crippen LogP contribution in [0.25, 0.3) is 0 Å². The first-order chi connectivity index (χ1) is 12.6. The molecular formula is C19H32ClN5O2. The van der Waals surface area contributed by atoms with Crippen LogP contribution in [0.5, 0.6) is 0 Å². The number of carbonyl (C=O) groups is 1. The Balaban J connectivity index is 1.99. The standard InChI is InChI=1S/C19H32ClN5O2/c1-19(2,3)27-18(26)24-13-8-6-4-5-7-12(9-10-13)23-17-16(22)14(21)11-15(20)25-17/h11-13H,4-10,22H2,1-3H3,(H,24,26)(H3,21,23,25)/t12-,13?/m1/s1. The molecule has 1 aromatic heterocycles. The van der Waals surface area contributed by atoms with E-state index in [1.54, 1.807) is 6.07 Å². The summed E-state index contributed by atoms with van der Waals surface area (Å²) in [7, 11) is 0. The zero-order chi connectivity index (χ0) is 20.0. The number of rotatable bonds is 3. The average Bonchev–Trinajstić information content (AvgIpc) is 2.63. The number of nitrogens with one attached hydrogen (secondary N) is 2. The highest BCUT2D eigenvalue weighted by Gasteiger charge is 2.22. The number of pyridine rings is 1. The van der Waals surface area contributed by atoms with Gasteiger partial charge in [-0.3, -0.25) is 0 Å². The zero-order valence-electron chi connectivity index (χ0n) is 16.5. The summed E-state index contributed by atoms with van der Waals surface area (Å²) in [5, 5.41) is 6.72. The van der Waals surface area contributed by atoms with Crippen LogP contribution >= 0.6 is 11.6 Å². The number of hydrogen-bond donors (Lipinski definition) is 4. The van der Waals surface area contributed by atoms with E-state index in [2.05, 4.69) is 15.6 Å². The normalized spacial score (nSPS) is 21.5. The van der Waals surface area contributed by atoms with E-state index in [4.69, 9.17) is 27.8 Å². The Morgan fingerprint density at radius 1 is 1.15 bits per heavy atom. The minimum absolute atomic E-state index is 0.0944. The predicted molar refractivity (Wildman–Crippen MR) is 111 cm³/mol. The number of halogens is 1. The SMILES string of the molecule is CC(C)(C)OC(=O)NC1CCCCC[C@@H](Nc2nc(Cl)cc(N)c2N)CC1. The van der Waals surface area contributed by atoms with Crippen LogP contribution in [0.3, 0.4) is 0 Å². The number of carbonyl (C=O) groups excluding carboxylic acids is 1. The van der Waals surface area contributed by atoms with Gasteiger partial charge >= 0.3 is 6.09 Å². The Hall–Kier alpha value is -1.89. The van der Waals surface area contributed by atoms with Crippen LogP contribution in [0, 0.1) is 0 Å². The van der Waals surface area contributed by atoms with E-state index in [9.17, 15) is 4.79 Å². The zero-order valence-corrected chi connectivity index (χ0v) is 17.2. The van der Waals surface area contributed by atoms with Crippen LogP contribution in [0.4, 0.5) is 22.0 Å². The van der Waals surface area contributed by atoms with Crippen molar-refractivity contribution in [1.82, 2.24) is 10.3 Å². The number of nitrogen functional groups attached to an aromatic ring is 2. The molecule has 0 spiro atoms. The van der Waals surface area contributed by atoms with Gasteiger partial charge in [-0.2, -0.15) is 0 Å². The van der Waals surface area contributed by atoms with Crippen LogP contribution in [0.1, 0.15) is 65.7 Å². The Bertz CT molecular complexity index is 648. The van der Waals surface area contributed by atoms with Crippen LogP contribution in [0.2, 0.25) is 5.15 Å². The second kappa shape index (κ2) is 9.35. The van der Waals surface area contributed by atoms with E-state index in [0.29, 0.717) is 22.3 Å². The van der Waals surface area contributed by atoms with E-state index in [1.807, 2.05) is 20.8 Å². The molecule has 1 aliphatic carbocycles. The lowest BCUT2D eigenvalue weighted by Crippen LogP contribution is -2.39. The highest BCUT2D eigenvalue weighted by molar-refractivity contribution is 6.30. The molecule has 27 heavy (non-hydrogen) atoms. The van der Waals surface area contributed by atoms with Gasteiger partial charge in [-0.15, -0.1) is 0 Å². The fourth-order valence-corrected chi connectivity index (χ4v) is 3.46. The molecule has 1 amide bonds. The van der Waals surface area contributed by atoms with Gasteiger partial charge in [0.15, 0.2) is 5.82 Å². The maximum Gasteiger partial charge on any atom is 0.407 e. The molecule has 1 aromatic rings. The van der Waals surface area contributed by atoms with Crippen LogP contribution < -0.4 is 22.1 Å². The van der Waals surface area contributed by atoms with Crippen molar-refractivity contribution < 1.29 is 9.53 Å². The van der Waals surface area contributed by atoms with Gasteiger partial charge in [0, 0.05) is 18.2 Å². The maximum atomic E-state index is 12.1. The Morgan fingerprint density at radius 3 is 2.44 bits per heavy atom. The Kier molecular flexibility index (Phi) is 7.41. The highest BCUT2D eigenvalue weighted by atomic mass is 35.5. The van der Waals surface area contributed by atoms with Crippen molar-refractivity contribution in [2.75, 3.05) is 16.8 Å². The number of ether oxygens (including phenoxy) is 1. The highest BCUT2D eigenvalue weighted by Crippen LogP contribution is 2.28. The second-order valence-corrected chi connectivity index (χ2v) is 8.58. The first-order valence-corrected chi connectivity index (χ1v) is 9.99. The third kappa shape index (κ3) is 7.33. The molecule has 1 saturated carbocycles. The molecule has 0 aliphatic heterocycles. The monoisotopic (exact) mass is 397 g/mol. The number of amides is 1. The number of nitrogens with zero attached hydrogens (tertiary/aromatic N) is 1. The molecule has 1 fully saturated rings. The van der Waals surface area contributed by atoms with Gasteiger partial charge in [-0.25, -0.2) is 9.78 Å². The minimum Gasteiger partial charge on any atom is -0.444 e. The van der Waals surface area contributed by atoms with Crippen molar-refractivity contribution in [3.63, 3.8) is 0 Å². The topological polar surface area (TPSA) is 115 Å².